The molecule has 0 saturated carbocycles. The van der Waals surface area contributed by atoms with Crippen LogP contribution in [0, 0.1) is 13.8 Å². The molecule has 0 bridgehead atoms. The van der Waals surface area contributed by atoms with Gasteiger partial charge in [-0.1, -0.05) is 23.8 Å². The molecule has 0 spiro atoms. The number of nitrogens with one attached hydrogen (secondary N) is 1. The van der Waals surface area contributed by atoms with Crippen LogP contribution >= 0.6 is 0 Å². The number of hydrogen-bond donors (Lipinski definition) is 1. The van der Waals surface area contributed by atoms with Crippen LogP contribution in [0.15, 0.2) is 51.8 Å². The molecule has 3 rings (SSSR count). The molecule has 1 amide bonds. The van der Waals surface area contributed by atoms with Crippen LogP contribution in [-0.2, 0) is 10.0 Å². The van der Waals surface area contributed by atoms with Crippen LogP contribution in [0.4, 0.5) is 0 Å². The number of aromatic nitrogens is 2. The van der Waals surface area contributed by atoms with E-state index >= 15 is 0 Å². The van der Waals surface area contributed by atoms with Crippen LogP contribution in [0.2, 0.25) is 0 Å². The van der Waals surface area contributed by atoms with Gasteiger partial charge in [0.05, 0.1) is 10.9 Å². The predicted octanol–water partition coefficient (Wildman–Crippen LogP) is 3.09. The number of nitrogens with zero attached hydrogens (tertiary/aromatic N) is 3. The second kappa shape index (κ2) is 8.37. The molecular formula is C21H24N4O4S. The van der Waals surface area contributed by atoms with Gasteiger partial charge in [0.15, 0.2) is 0 Å². The summed E-state index contributed by atoms with van der Waals surface area (Å²) in [5, 5.41) is 10.6. The van der Waals surface area contributed by atoms with E-state index in [0.717, 1.165) is 21.0 Å². The van der Waals surface area contributed by atoms with Crippen molar-refractivity contribution in [2.45, 2.75) is 31.7 Å². The molecular weight excluding hydrogens is 404 g/mol. The van der Waals surface area contributed by atoms with E-state index in [1.807, 2.05) is 32.9 Å². The summed E-state index contributed by atoms with van der Waals surface area (Å²) < 4.78 is 30.9. The van der Waals surface area contributed by atoms with Gasteiger partial charge in [-0.2, -0.15) is 0 Å². The van der Waals surface area contributed by atoms with E-state index < -0.39 is 15.9 Å². The summed E-state index contributed by atoms with van der Waals surface area (Å²) in [6.45, 7) is 5.90. The van der Waals surface area contributed by atoms with Gasteiger partial charge in [-0.3, -0.25) is 4.79 Å². The van der Waals surface area contributed by atoms with E-state index in [0.29, 0.717) is 5.56 Å². The average Bonchev–Trinajstić information content (AvgIpc) is 3.18. The van der Waals surface area contributed by atoms with Crippen molar-refractivity contribution in [3.05, 3.63) is 65.0 Å². The van der Waals surface area contributed by atoms with Crippen molar-refractivity contribution in [2.75, 3.05) is 14.1 Å². The van der Waals surface area contributed by atoms with E-state index in [1.54, 1.807) is 12.1 Å². The molecule has 3 aromatic rings. The second-order valence-corrected chi connectivity index (χ2v) is 9.43. The molecule has 1 heterocycles. The SMILES string of the molecule is Cc1ccc([C@H](C)NC(=O)c2nnc(-c3ccc(S(=O)(=O)N(C)C)cc3)o2)c(C)c1. The molecule has 0 radical (unpaired) electrons. The Hall–Kier alpha value is -3.04. The van der Waals surface area contributed by atoms with Crippen LogP contribution in [0.3, 0.4) is 0 Å². The molecule has 0 unspecified atom stereocenters. The Morgan fingerprint density at radius 3 is 2.33 bits per heavy atom. The molecule has 1 N–H and O–H groups in total. The van der Waals surface area contributed by atoms with Crippen molar-refractivity contribution in [3.8, 4) is 11.5 Å². The number of carbonyl (C=O) groups is 1. The zero-order valence-electron chi connectivity index (χ0n) is 17.5. The van der Waals surface area contributed by atoms with Gasteiger partial charge < -0.3 is 9.73 Å². The Morgan fingerprint density at radius 1 is 1.07 bits per heavy atom. The molecule has 2 aromatic carbocycles. The van der Waals surface area contributed by atoms with Crippen LogP contribution in [0.5, 0.6) is 0 Å². The van der Waals surface area contributed by atoms with Crippen molar-refractivity contribution >= 4 is 15.9 Å². The first-order valence-electron chi connectivity index (χ1n) is 9.34. The average molecular weight is 429 g/mol. The first-order chi connectivity index (χ1) is 14.1. The Morgan fingerprint density at radius 2 is 1.73 bits per heavy atom. The number of hydrogen-bond acceptors (Lipinski definition) is 6. The summed E-state index contributed by atoms with van der Waals surface area (Å²) >= 11 is 0. The van der Waals surface area contributed by atoms with Crippen molar-refractivity contribution < 1.29 is 17.6 Å². The molecule has 30 heavy (non-hydrogen) atoms. The predicted molar refractivity (Wildman–Crippen MR) is 112 cm³/mol. The topological polar surface area (TPSA) is 105 Å². The van der Waals surface area contributed by atoms with Crippen molar-refractivity contribution in [2.24, 2.45) is 0 Å². The molecule has 0 aliphatic heterocycles. The smallest absolute Gasteiger partial charge is 0.309 e. The minimum Gasteiger partial charge on any atom is -0.412 e. The lowest BCUT2D eigenvalue weighted by Gasteiger charge is -2.16. The lowest BCUT2D eigenvalue weighted by Crippen LogP contribution is -2.27. The van der Waals surface area contributed by atoms with Gasteiger partial charge in [0.2, 0.25) is 15.9 Å². The summed E-state index contributed by atoms with van der Waals surface area (Å²) in [6, 6.07) is 11.8. The number of amides is 1. The number of rotatable bonds is 6. The third kappa shape index (κ3) is 4.42. The number of carbonyl (C=O) groups excluding carboxylic acids is 1. The molecule has 1 aromatic heterocycles. The highest BCUT2D eigenvalue weighted by Gasteiger charge is 2.21. The zero-order chi connectivity index (χ0) is 22.1. The third-order valence-electron chi connectivity index (χ3n) is 4.74. The molecule has 8 nitrogen and oxygen atoms in total. The first kappa shape index (κ1) is 21.7. The van der Waals surface area contributed by atoms with Gasteiger partial charge in [-0.05, 0) is 56.2 Å². The highest BCUT2D eigenvalue weighted by molar-refractivity contribution is 7.89. The van der Waals surface area contributed by atoms with Gasteiger partial charge in [-0.15, -0.1) is 10.2 Å². The normalized spacial score (nSPS) is 12.7. The Labute approximate surface area is 176 Å². The number of aryl methyl sites for hydroxylation is 2. The molecule has 0 aliphatic rings. The van der Waals surface area contributed by atoms with Crippen LogP contribution < -0.4 is 5.32 Å². The fourth-order valence-corrected chi connectivity index (χ4v) is 3.96. The molecule has 0 saturated heterocycles. The highest BCUT2D eigenvalue weighted by atomic mass is 32.2. The van der Waals surface area contributed by atoms with Gasteiger partial charge >= 0.3 is 11.8 Å². The summed E-state index contributed by atoms with van der Waals surface area (Å²) in [6.07, 6.45) is 0. The van der Waals surface area contributed by atoms with E-state index in [9.17, 15) is 13.2 Å². The summed E-state index contributed by atoms with van der Waals surface area (Å²) in [4.78, 5) is 12.7. The molecule has 9 heteroatoms. The molecule has 0 fully saturated rings. The maximum atomic E-state index is 12.5. The fourth-order valence-electron chi connectivity index (χ4n) is 3.06. The Kier molecular flexibility index (Phi) is 6.04. The minimum atomic E-state index is -3.53. The van der Waals surface area contributed by atoms with Crippen LogP contribution in [0.25, 0.3) is 11.5 Å². The van der Waals surface area contributed by atoms with Crippen LogP contribution in [-0.4, -0.2) is 42.9 Å². The van der Waals surface area contributed by atoms with Crippen LogP contribution in [0.1, 0.15) is 40.3 Å². The fraction of sp³-hybridized carbons (Fsp3) is 0.286. The van der Waals surface area contributed by atoms with Crippen molar-refractivity contribution in [1.82, 2.24) is 19.8 Å². The molecule has 1 atom stereocenters. The summed E-state index contributed by atoms with van der Waals surface area (Å²) in [5.41, 5.74) is 3.76. The monoisotopic (exact) mass is 428 g/mol. The standard InChI is InChI=1S/C21H24N4O4S/c1-13-6-11-18(14(2)12-13)15(3)22-19(26)21-24-23-20(29-21)16-7-9-17(10-8-16)30(27,28)25(4)5/h6-12,15H,1-5H3,(H,22,26)/t15-/m0/s1. The lowest BCUT2D eigenvalue weighted by molar-refractivity contribution is 0.0905. The van der Waals surface area contributed by atoms with E-state index in [2.05, 4.69) is 21.6 Å². The Bertz CT molecular complexity index is 1170. The highest BCUT2D eigenvalue weighted by Crippen LogP contribution is 2.22. The number of sulfonamides is 1. The van der Waals surface area contributed by atoms with Crippen molar-refractivity contribution in [3.63, 3.8) is 0 Å². The van der Waals surface area contributed by atoms with E-state index in [4.69, 9.17) is 4.42 Å². The maximum absolute atomic E-state index is 12.5. The summed E-state index contributed by atoms with van der Waals surface area (Å²) in [7, 11) is -0.601. The zero-order valence-corrected chi connectivity index (χ0v) is 18.3. The van der Waals surface area contributed by atoms with Gasteiger partial charge in [0.25, 0.3) is 0 Å². The van der Waals surface area contributed by atoms with E-state index in [-0.39, 0.29) is 22.7 Å². The number of benzene rings is 2. The maximum Gasteiger partial charge on any atom is 0.309 e. The van der Waals surface area contributed by atoms with Gasteiger partial charge in [0, 0.05) is 19.7 Å². The van der Waals surface area contributed by atoms with Gasteiger partial charge in [0.1, 0.15) is 0 Å². The molecule has 158 valence electrons. The summed E-state index contributed by atoms with van der Waals surface area (Å²) in [5.74, 6) is -0.507. The lowest BCUT2D eigenvalue weighted by atomic mass is 10.0. The first-order valence-corrected chi connectivity index (χ1v) is 10.8. The Balaban J connectivity index is 1.75. The minimum absolute atomic E-state index is 0.133. The second-order valence-electron chi connectivity index (χ2n) is 7.28. The third-order valence-corrected chi connectivity index (χ3v) is 6.57. The molecule has 0 aliphatic carbocycles. The largest absolute Gasteiger partial charge is 0.412 e. The van der Waals surface area contributed by atoms with E-state index in [1.165, 1.54) is 26.2 Å². The van der Waals surface area contributed by atoms with Gasteiger partial charge in [-0.25, -0.2) is 12.7 Å². The van der Waals surface area contributed by atoms with Crippen molar-refractivity contribution in [1.29, 1.82) is 0 Å². The quantitative estimate of drug-likeness (QED) is 0.647.